The standard InChI is InChI=1S/C16H23BrO3/c1-18-13-8-6-12(7-9-13)16(11-17)20-15-5-3-4-14(10-15)19-2/h6-9,14-16H,3-5,10-11H2,1-2H3. The van der Waals surface area contributed by atoms with E-state index < -0.39 is 0 Å². The van der Waals surface area contributed by atoms with Gasteiger partial charge < -0.3 is 14.2 Å². The van der Waals surface area contributed by atoms with Gasteiger partial charge in [-0.15, -0.1) is 0 Å². The molecule has 1 fully saturated rings. The number of halogens is 1. The lowest BCUT2D eigenvalue weighted by Crippen LogP contribution is -2.29. The zero-order valence-corrected chi connectivity index (χ0v) is 13.8. The van der Waals surface area contributed by atoms with Crippen LogP contribution in [-0.2, 0) is 9.47 Å². The van der Waals surface area contributed by atoms with Gasteiger partial charge in [0, 0.05) is 12.4 Å². The first kappa shape index (κ1) is 15.8. The number of ether oxygens (including phenoxy) is 3. The molecule has 0 N–H and O–H groups in total. The summed E-state index contributed by atoms with van der Waals surface area (Å²) in [4.78, 5) is 0. The fraction of sp³-hybridized carbons (Fsp3) is 0.625. The minimum Gasteiger partial charge on any atom is -0.497 e. The maximum Gasteiger partial charge on any atom is 0.118 e. The van der Waals surface area contributed by atoms with Gasteiger partial charge in [0.25, 0.3) is 0 Å². The van der Waals surface area contributed by atoms with Crippen molar-refractivity contribution in [3.63, 3.8) is 0 Å². The Kier molecular flexibility index (Phi) is 6.33. The molecule has 0 heterocycles. The highest BCUT2D eigenvalue weighted by atomic mass is 79.9. The van der Waals surface area contributed by atoms with Gasteiger partial charge >= 0.3 is 0 Å². The zero-order chi connectivity index (χ0) is 14.4. The molecule has 1 saturated carbocycles. The van der Waals surface area contributed by atoms with Crippen LogP contribution >= 0.6 is 15.9 Å². The third-order valence-corrected chi connectivity index (χ3v) is 4.48. The maximum absolute atomic E-state index is 6.26. The Morgan fingerprint density at radius 1 is 1.15 bits per heavy atom. The molecule has 1 aliphatic rings. The number of alkyl halides is 1. The van der Waals surface area contributed by atoms with Crippen LogP contribution in [0.4, 0.5) is 0 Å². The van der Waals surface area contributed by atoms with Crippen molar-refractivity contribution >= 4 is 15.9 Å². The smallest absolute Gasteiger partial charge is 0.118 e. The summed E-state index contributed by atoms with van der Waals surface area (Å²) in [5.74, 6) is 0.874. The van der Waals surface area contributed by atoms with Gasteiger partial charge in [-0.25, -0.2) is 0 Å². The third-order valence-electron chi connectivity index (χ3n) is 3.90. The van der Waals surface area contributed by atoms with Crippen molar-refractivity contribution < 1.29 is 14.2 Å². The maximum atomic E-state index is 6.26. The van der Waals surface area contributed by atoms with Gasteiger partial charge in [-0.2, -0.15) is 0 Å². The van der Waals surface area contributed by atoms with Gasteiger partial charge in [-0.1, -0.05) is 28.1 Å². The van der Waals surface area contributed by atoms with Crippen molar-refractivity contribution in [3.8, 4) is 5.75 Å². The molecule has 0 aromatic heterocycles. The Morgan fingerprint density at radius 2 is 1.85 bits per heavy atom. The number of rotatable bonds is 6. The highest BCUT2D eigenvalue weighted by Crippen LogP contribution is 2.30. The number of hydrogen-bond acceptors (Lipinski definition) is 3. The van der Waals surface area contributed by atoms with Crippen molar-refractivity contribution in [2.75, 3.05) is 19.5 Å². The minimum absolute atomic E-state index is 0.0847. The lowest BCUT2D eigenvalue weighted by Gasteiger charge is -2.31. The molecule has 3 unspecified atom stereocenters. The summed E-state index contributed by atoms with van der Waals surface area (Å²) in [7, 11) is 3.47. The van der Waals surface area contributed by atoms with E-state index in [2.05, 4.69) is 28.1 Å². The number of benzene rings is 1. The molecule has 1 aromatic carbocycles. The van der Waals surface area contributed by atoms with Crippen LogP contribution < -0.4 is 4.74 Å². The Bertz CT molecular complexity index is 393. The summed E-state index contributed by atoms with van der Waals surface area (Å²) in [5.41, 5.74) is 1.18. The Morgan fingerprint density at radius 3 is 2.45 bits per heavy atom. The Hall–Kier alpha value is -0.580. The van der Waals surface area contributed by atoms with Crippen LogP contribution in [0.2, 0.25) is 0 Å². The van der Waals surface area contributed by atoms with Crippen LogP contribution in [-0.4, -0.2) is 31.8 Å². The van der Waals surface area contributed by atoms with Gasteiger partial charge in [-0.05, 0) is 43.4 Å². The lowest BCUT2D eigenvalue weighted by atomic mass is 9.94. The SMILES string of the molecule is COc1ccc(C(CBr)OC2CCCC(OC)C2)cc1. The second-order valence-corrected chi connectivity index (χ2v) is 5.85. The van der Waals surface area contributed by atoms with Crippen LogP contribution in [0.25, 0.3) is 0 Å². The molecule has 4 heteroatoms. The molecule has 112 valence electrons. The first-order valence-corrected chi connectivity index (χ1v) is 8.27. The van der Waals surface area contributed by atoms with Gasteiger partial charge in [-0.3, -0.25) is 0 Å². The second-order valence-electron chi connectivity index (χ2n) is 5.20. The number of methoxy groups -OCH3 is 2. The molecule has 0 aliphatic heterocycles. The Labute approximate surface area is 129 Å². The average molecular weight is 343 g/mol. The second kappa shape index (κ2) is 8.01. The van der Waals surface area contributed by atoms with E-state index in [-0.39, 0.29) is 6.10 Å². The zero-order valence-electron chi connectivity index (χ0n) is 12.2. The quantitative estimate of drug-likeness (QED) is 0.728. The topological polar surface area (TPSA) is 27.7 Å². The van der Waals surface area contributed by atoms with E-state index in [4.69, 9.17) is 14.2 Å². The van der Waals surface area contributed by atoms with Crippen LogP contribution in [0.3, 0.4) is 0 Å². The molecular weight excluding hydrogens is 320 g/mol. The van der Waals surface area contributed by atoms with E-state index in [0.29, 0.717) is 12.2 Å². The van der Waals surface area contributed by atoms with Gasteiger partial charge in [0.2, 0.25) is 0 Å². The summed E-state index contributed by atoms with van der Waals surface area (Å²) in [6.07, 6.45) is 5.18. The van der Waals surface area contributed by atoms with Crippen molar-refractivity contribution in [3.05, 3.63) is 29.8 Å². The fourth-order valence-corrected chi connectivity index (χ4v) is 3.22. The van der Waals surface area contributed by atoms with E-state index in [1.807, 2.05) is 12.1 Å². The van der Waals surface area contributed by atoms with Crippen LogP contribution in [0.5, 0.6) is 5.75 Å². The van der Waals surface area contributed by atoms with Gasteiger partial charge in [0.1, 0.15) is 5.75 Å². The lowest BCUT2D eigenvalue weighted by molar-refractivity contribution is -0.0584. The van der Waals surface area contributed by atoms with Crippen molar-refractivity contribution in [1.82, 2.24) is 0 Å². The first-order valence-electron chi connectivity index (χ1n) is 7.15. The van der Waals surface area contributed by atoms with E-state index in [0.717, 1.165) is 30.3 Å². The van der Waals surface area contributed by atoms with Gasteiger partial charge in [0.05, 0.1) is 25.4 Å². The highest BCUT2D eigenvalue weighted by Gasteiger charge is 2.25. The molecule has 20 heavy (non-hydrogen) atoms. The fourth-order valence-electron chi connectivity index (χ4n) is 2.69. The molecule has 0 spiro atoms. The summed E-state index contributed by atoms with van der Waals surface area (Å²) in [6.45, 7) is 0. The number of hydrogen-bond donors (Lipinski definition) is 0. The largest absolute Gasteiger partial charge is 0.497 e. The molecular formula is C16H23BrO3. The van der Waals surface area contributed by atoms with Crippen LogP contribution in [0, 0.1) is 0 Å². The predicted molar refractivity (Wildman–Crippen MR) is 83.7 cm³/mol. The Balaban J connectivity index is 1.97. The molecule has 3 nitrogen and oxygen atoms in total. The van der Waals surface area contributed by atoms with E-state index >= 15 is 0 Å². The highest BCUT2D eigenvalue weighted by molar-refractivity contribution is 9.09. The van der Waals surface area contributed by atoms with Crippen LogP contribution in [0.15, 0.2) is 24.3 Å². The van der Waals surface area contributed by atoms with Gasteiger partial charge in [0.15, 0.2) is 0 Å². The van der Waals surface area contributed by atoms with Crippen LogP contribution in [0.1, 0.15) is 37.4 Å². The molecule has 1 aromatic rings. The molecule has 1 aliphatic carbocycles. The van der Waals surface area contributed by atoms with Crippen molar-refractivity contribution in [1.29, 1.82) is 0 Å². The molecule has 3 atom stereocenters. The summed E-state index contributed by atoms with van der Waals surface area (Å²) >= 11 is 3.56. The predicted octanol–water partition coefficient (Wildman–Crippen LogP) is 4.11. The summed E-state index contributed by atoms with van der Waals surface area (Å²) < 4.78 is 16.9. The normalized spacial score (nSPS) is 24.4. The van der Waals surface area contributed by atoms with Crippen molar-refractivity contribution in [2.45, 2.75) is 44.0 Å². The molecule has 0 bridgehead atoms. The summed E-state index contributed by atoms with van der Waals surface area (Å²) in [5, 5.41) is 0.799. The van der Waals surface area contributed by atoms with E-state index in [1.165, 1.54) is 12.0 Å². The molecule has 2 rings (SSSR count). The minimum atomic E-state index is 0.0847. The average Bonchev–Trinajstić information content (AvgIpc) is 2.53. The van der Waals surface area contributed by atoms with E-state index in [1.54, 1.807) is 14.2 Å². The summed E-state index contributed by atoms with van der Waals surface area (Å²) in [6, 6.07) is 8.10. The monoisotopic (exact) mass is 342 g/mol. The first-order chi connectivity index (χ1) is 9.76. The molecule has 0 radical (unpaired) electrons. The molecule has 0 saturated heterocycles. The third kappa shape index (κ3) is 4.21. The van der Waals surface area contributed by atoms with E-state index in [9.17, 15) is 0 Å². The van der Waals surface area contributed by atoms with Crippen molar-refractivity contribution in [2.24, 2.45) is 0 Å². The molecule has 0 amide bonds.